The molecule has 2 aromatic rings. The Balaban J connectivity index is 1.74. The zero-order chi connectivity index (χ0) is 15.7. The number of nitrogens with one attached hydrogen (secondary N) is 1. The minimum absolute atomic E-state index is 0.0293. The van der Waals surface area contributed by atoms with Gasteiger partial charge in [-0.3, -0.25) is 0 Å². The first kappa shape index (κ1) is 14.9. The van der Waals surface area contributed by atoms with Crippen LogP contribution in [0.1, 0.15) is 35.9 Å². The molecule has 1 atom stereocenters. The van der Waals surface area contributed by atoms with E-state index in [9.17, 15) is 4.79 Å². The van der Waals surface area contributed by atoms with Crippen LogP contribution < -0.4 is 5.32 Å². The Hall–Kier alpha value is -2.01. The second-order valence-corrected chi connectivity index (χ2v) is 6.02. The van der Waals surface area contributed by atoms with Crippen molar-refractivity contribution < 1.29 is 9.32 Å². The molecule has 1 aromatic carbocycles. The molecule has 0 saturated carbocycles. The van der Waals surface area contributed by atoms with Gasteiger partial charge in [0.2, 0.25) is 0 Å². The molecular weight excluding hydrogens is 302 g/mol. The molecule has 2 amide bonds. The van der Waals surface area contributed by atoms with Crippen LogP contribution in [0.5, 0.6) is 0 Å². The van der Waals surface area contributed by atoms with Gasteiger partial charge in [0.25, 0.3) is 0 Å². The van der Waals surface area contributed by atoms with E-state index in [4.69, 9.17) is 16.1 Å². The first-order chi connectivity index (χ1) is 10.5. The average molecular weight is 320 g/mol. The van der Waals surface area contributed by atoms with Crippen molar-refractivity contribution in [3.63, 3.8) is 0 Å². The van der Waals surface area contributed by atoms with Crippen molar-refractivity contribution in [1.82, 2.24) is 10.1 Å². The van der Waals surface area contributed by atoms with E-state index >= 15 is 0 Å². The molecule has 0 spiro atoms. The van der Waals surface area contributed by atoms with Crippen LogP contribution in [-0.2, 0) is 0 Å². The summed E-state index contributed by atoms with van der Waals surface area (Å²) in [6.07, 6.45) is 1.85. The number of urea groups is 1. The van der Waals surface area contributed by atoms with Gasteiger partial charge in [0.15, 0.2) is 0 Å². The van der Waals surface area contributed by atoms with E-state index in [1.54, 1.807) is 11.0 Å². The third-order valence-corrected chi connectivity index (χ3v) is 4.33. The molecule has 22 heavy (non-hydrogen) atoms. The summed E-state index contributed by atoms with van der Waals surface area (Å²) in [4.78, 5) is 14.3. The number of carbonyl (C=O) groups is 1. The second kappa shape index (κ2) is 6.01. The van der Waals surface area contributed by atoms with Crippen molar-refractivity contribution in [2.24, 2.45) is 0 Å². The highest BCUT2D eigenvalue weighted by atomic mass is 35.5. The molecule has 3 rings (SSSR count). The van der Waals surface area contributed by atoms with Gasteiger partial charge in [-0.1, -0.05) is 22.8 Å². The number of aryl methyl sites for hydroxylation is 2. The number of hydrogen-bond acceptors (Lipinski definition) is 3. The van der Waals surface area contributed by atoms with Gasteiger partial charge in [-0.25, -0.2) is 4.79 Å². The van der Waals surface area contributed by atoms with Gasteiger partial charge >= 0.3 is 6.03 Å². The topological polar surface area (TPSA) is 58.4 Å². The van der Waals surface area contributed by atoms with Crippen LogP contribution in [0.4, 0.5) is 10.5 Å². The van der Waals surface area contributed by atoms with E-state index in [2.05, 4.69) is 10.5 Å². The number of halogens is 1. The second-order valence-electron chi connectivity index (χ2n) is 5.61. The minimum Gasteiger partial charge on any atom is -0.361 e. The Morgan fingerprint density at radius 1 is 1.41 bits per heavy atom. The van der Waals surface area contributed by atoms with Gasteiger partial charge in [0.05, 0.1) is 6.04 Å². The van der Waals surface area contributed by atoms with Crippen LogP contribution in [0.25, 0.3) is 0 Å². The number of anilines is 1. The summed E-state index contributed by atoms with van der Waals surface area (Å²) < 4.78 is 5.13. The van der Waals surface area contributed by atoms with Crippen molar-refractivity contribution in [1.29, 1.82) is 0 Å². The summed E-state index contributed by atoms with van der Waals surface area (Å²) >= 11 is 6.10. The van der Waals surface area contributed by atoms with Crippen LogP contribution >= 0.6 is 11.6 Å². The molecule has 1 aliphatic rings. The van der Waals surface area contributed by atoms with Gasteiger partial charge in [-0.05, 0) is 44.4 Å². The lowest BCUT2D eigenvalue weighted by atomic mass is 10.1. The largest absolute Gasteiger partial charge is 0.361 e. The van der Waals surface area contributed by atoms with E-state index in [1.165, 1.54) is 0 Å². The summed E-state index contributed by atoms with van der Waals surface area (Å²) in [6.45, 7) is 4.49. The predicted octanol–water partition coefficient (Wildman–Crippen LogP) is 4.31. The Morgan fingerprint density at radius 2 is 2.23 bits per heavy atom. The van der Waals surface area contributed by atoms with Gasteiger partial charge in [-0.15, -0.1) is 0 Å². The van der Waals surface area contributed by atoms with Crippen LogP contribution in [0, 0.1) is 13.8 Å². The van der Waals surface area contributed by atoms with Crippen molar-refractivity contribution in [3.8, 4) is 0 Å². The fourth-order valence-corrected chi connectivity index (χ4v) is 2.91. The molecular formula is C16H18ClN3O2. The molecule has 5 nitrogen and oxygen atoms in total. The lowest BCUT2D eigenvalue weighted by Gasteiger charge is -2.23. The molecule has 1 N–H and O–H groups in total. The van der Waals surface area contributed by atoms with Gasteiger partial charge < -0.3 is 14.7 Å². The highest BCUT2D eigenvalue weighted by molar-refractivity contribution is 6.31. The van der Waals surface area contributed by atoms with E-state index in [0.717, 1.165) is 29.9 Å². The van der Waals surface area contributed by atoms with Crippen molar-refractivity contribution in [2.75, 3.05) is 11.9 Å². The number of likely N-dealkylation sites (tertiary alicyclic amines) is 1. The van der Waals surface area contributed by atoms with Crippen LogP contribution in [-0.4, -0.2) is 22.6 Å². The van der Waals surface area contributed by atoms with Crippen molar-refractivity contribution in [3.05, 3.63) is 46.3 Å². The van der Waals surface area contributed by atoms with Crippen molar-refractivity contribution in [2.45, 2.75) is 32.7 Å². The molecule has 0 aliphatic carbocycles. The first-order valence-electron chi connectivity index (χ1n) is 7.31. The molecule has 0 bridgehead atoms. The summed E-state index contributed by atoms with van der Waals surface area (Å²) in [6, 6.07) is 7.23. The quantitative estimate of drug-likeness (QED) is 0.897. The van der Waals surface area contributed by atoms with E-state index in [-0.39, 0.29) is 12.1 Å². The summed E-state index contributed by atoms with van der Waals surface area (Å²) in [5, 5.41) is 7.59. The number of rotatable bonds is 2. The maximum atomic E-state index is 12.5. The number of carbonyl (C=O) groups excluding carboxylic acids is 1. The number of benzene rings is 1. The van der Waals surface area contributed by atoms with Crippen LogP contribution in [0.2, 0.25) is 5.02 Å². The maximum Gasteiger partial charge on any atom is 0.322 e. The maximum absolute atomic E-state index is 12.5. The monoisotopic (exact) mass is 319 g/mol. The third kappa shape index (κ3) is 2.95. The van der Waals surface area contributed by atoms with Crippen LogP contribution in [0.3, 0.4) is 0 Å². The van der Waals surface area contributed by atoms with Gasteiger partial charge in [0, 0.05) is 23.3 Å². The standard InChI is InChI=1S/C16H18ClN3O2/c1-10-5-6-12(9-13(10)17)18-16(21)20-7-3-4-15(20)14-8-11(2)22-19-14/h5-6,8-9,15H,3-4,7H2,1-2H3,(H,18,21). The highest BCUT2D eigenvalue weighted by Gasteiger charge is 2.32. The molecule has 2 heterocycles. The van der Waals surface area contributed by atoms with Gasteiger partial charge in [0.1, 0.15) is 11.5 Å². The third-order valence-electron chi connectivity index (χ3n) is 3.92. The van der Waals surface area contributed by atoms with E-state index in [1.807, 2.05) is 32.0 Å². The molecule has 1 fully saturated rings. The summed E-state index contributed by atoms with van der Waals surface area (Å²) in [7, 11) is 0. The lowest BCUT2D eigenvalue weighted by Crippen LogP contribution is -2.34. The number of amides is 2. The first-order valence-corrected chi connectivity index (χ1v) is 7.69. The van der Waals surface area contributed by atoms with Crippen LogP contribution in [0.15, 0.2) is 28.8 Å². The molecule has 1 unspecified atom stereocenters. The zero-order valence-corrected chi connectivity index (χ0v) is 13.4. The Morgan fingerprint density at radius 3 is 2.91 bits per heavy atom. The Kier molecular flexibility index (Phi) is 4.07. The molecule has 116 valence electrons. The summed E-state index contributed by atoms with van der Waals surface area (Å²) in [5.74, 6) is 0.757. The molecule has 1 aliphatic heterocycles. The van der Waals surface area contributed by atoms with Gasteiger partial charge in [-0.2, -0.15) is 0 Å². The number of hydrogen-bond donors (Lipinski definition) is 1. The Labute approximate surface area is 134 Å². The Bertz CT molecular complexity index is 698. The average Bonchev–Trinajstić information content (AvgIpc) is 3.11. The lowest BCUT2D eigenvalue weighted by molar-refractivity contribution is 0.204. The fourth-order valence-electron chi connectivity index (χ4n) is 2.73. The smallest absolute Gasteiger partial charge is 0.322 e. The molecule has 1 aromatic heterocycles. The molecule has 1 saturated heterocycles. The number of nitrogens with zero attached hydrogens (tertiary/aromatic N) is 2. The van der Waals surface area contributed by atoms with E-state index in [0.29, 0.717) is 17.3 Å². The molecule has 0 radical (unpaired) electrons. The SMILES string of the molecule is Cc1cc(C2CCCN2C(=O)Nc2ccc(C)c(Cl)c2)no1. The highest BCUT2D eigenvalue weighted by Crippen LogP contribution is 2.32. The fraction of sp³-hybridized carbons (Fsp3) is 0.375. The number of aromatic nitrogens is 1. The van der Waals surface area contributed by atoms with Crippen molar-refractivity contribution >= 4 is 23.3 Å². The predicted molar refractivity (Wildman–Crippen MR) is 85.1 cm³/mol. The summed E-state index contributed by atoms with van der Waals surface area (Å²) in [5.41, 5.74) is 2.49. The normalized spacial score (nSPS) is 17.8. The van der Waals surface area contributed by atoms with E-state index < -0.39 is 0 Å². The minimum atomic E-state index is -0.136. The molecule has 6 heteroatoms. The zero-order valence-electron chi connectivity index (χ0n) is 12.6.